The van der Waals surface area contributed by atoms with Crippen LogP contribution in [0.5, 0.6) is 0 Å². The van der Waals surface area contributed by atoms with Crippen LogP contribution in [0.1, 0.15) is 5.56 Å². The number of hydrogen-bond donors (Lipinski definition) is 0. The zero-order valence-electron chi connectivity index (χ0n) is 15.2. The molecule has 0 radical (unpaired) electrons. The molecule has 0 aromatic carbocycles. The number of nitrogens with zero attached hydrogens (tertiary/aromatic N) is 9. The summed E-state index contributed by atoms with van der Waals surface area (Å²) in [5.41, 5.74) is 5.07. The SMILES string of the molecule is COCCn1cc(-c2ccc3nnn(Cc4ccc5ncnn5c4)c3n2)cn1. The molecule has 5 aromatic heterocycles. The second-order valence-corrected chi connectivity index (χ2v) is 6.37. The minimum absolute atomic E-state index is 0.538. The van der Waals surface area contributed by atoms with Gasteiger partial charge in [-0.15, -0.1) is 5.10 Å². The van der Waals surface area contributed by atoms with E-state index in [9.17, 15) is 0 Å². The number of pyridine rings is 2. The summed E-state index contributed by atoms with van der Waals surface area (Å²) < 4.78 is 10.5. The molecule has 10 heteroatoms. The van der Waals surface area contributed by atoms with Gasteiger partial charge in [0.25, 0.3) is 0 Å². The molecular weight excluding hydrogens is 358 g/mol. The van der Waals surface area contributed by atoms with Crippen molar-refractivity contribution in [2.75, 3.05) is 13.7 Å². The molecule has 10 nitrogen and oxygen atoms in total. The molecule has 0 fully saturated rings. The van der Waals surface area contributed by atoms with Gasteiger partial charge in [0, 0.05) is 25.1 Å². The molecule has 0 aliphatic heterocycles. The Balaban J connectivity index is 1.46. The van der Waals surface area contributed by atoms with Crippen molar-refractivity contribution >= 4 is 16.8 Å². The second kappa shape index (κ2) is 6.82. The van der Waals surface area contributed by atoms with Crippen molar-refractivity contribution in [3.05, 3.63) is 54.7 Å². The average molecular weight is 375 g/mol. The fraction of sp³-hybridized carbons (Fsp3) is 0.222. The predicted molar refractivity (Wildman–Crippen MR) is 101 cm³/mol. The minimum atomic E-state index is 0.538. The van der Waals surface area contributed by atoms with Crippen LogP contribution in [0.2, 0.25) is 0 Å². The highest BCUT2D eigenvalue weighted by Gasteiger charge is 2.11. The van der Waals surface area contributed by atoms with E-state index >= 15 is 0 Å². The zero-order valence-corrected chi connectivity index (χ0v) is 15.2. The first-order valence-electron chi connectivity index (χ1n) is 8.80. The molecule has 0 saturated carbocycles. The predicted octanol–water partition coefficient (Wildman–Crippen LogP) is 1.43. The molecule has 140 valence electrons. The second-order valence-electron chi connectivity index (χ2n) is 6.37. The third-order valence-electron chi connectivity index (χ3n) is 4.48. The van der Waals surface area contributed by atoms with Crippen molar-refractivity contribution in [1.29, 1.82) is 0 Å². The van der Waals surface area contributed by atoms with Crippen molar-refractivity contribution < 1.29 is 4.74 Å². The van der Waals surface area contributed by atoms with Gasteiger partial charge in [-0.3, -0.25) is 4.68 Å². The summed E-state index contributed by atoms with van der Waals surface area (Å²) in [6.07, 6.45) is 7.22. The maximum atomic E-state index is 5.10. The highest BCUT2D eigenvalue weighted by molar-refractivity contribution is 5.74. The highest BCUT2D eigenvalue weighted by Crippen LogP contribution is 2.20. The molecule has 0 N–H and O–H groups in total. The lowest BCUT2D eigenvalue weighted by atomic mass is 10.2. The largest absolute Gasteiger partial charge is 0.383 e. The Morgan fingerprint density at radius 1 is 1.07 bits per heavy atom. The van der Waals surface area contributed by atoms with E-state index in [2.05, 4.69) is 25.5 Å². The van der Waals surface area contributed by atoms with Gasteiger partial charge in [0.2, 0.25) is 0 Å². The number of aromatic nitrogens is 9. The normalized spacial score (nSPS) is 11.6. The standard InChI is InChI=1S/C18H17N9O/c1-28-7-6-25-11-14(8-20-25)15-3-4-16-18(22-15)27(24-23-16)10-13-2-5-17-19-12-21-26(17)9-13/h2-5,8-9,11-12H,6-7,10H2,1H3. The maximum Gasteiger partial charge on any atom is 0.179 e. The number of hydrogen-bond acceptors (Lipinski definition) is 7. The van der Waals surface area contributed by atoms with Gasteiger partial charge in [-0.2, -0.15) is 10.2 Å². The summed E-state index contributed by atoms with van der Waals surface area (Å²) in [7, 11) is 1.68. The van der Waals surface area contributed by atoms with Crippen molar-refractivity contribution in [3.63, 3.8) is 0 Å². The van der Waals surface area contributed by atoms with Gasteiger partial charge in [-0.05, 0) is 23.8 Å². The van der Waals surface area contributed by atoms with Crippen LogP contribution in [-0.4, -0.2) is 58.1 Å². The van der Waals surface area contributed by atoms with Crippen LogP contribution < -0.4 is 0 Å². The quantitative estimate of drug-likeness (QED) is 0.442. The van der Waals surface area contributed by atoms with Gasteiger partial charge >= 0.3 is 0 Å². The van der Waals surface area contributed by atoms with Gasteiger partial charge in [-0.1, -0.05) is 11.3 Å². The number of fused-ring (bicyclic) bond motifs is 2. The highest BCUT2D eigenvalue weighted by atomic mass is 16.5. The number of rotatable bonds is 6. The monoisotopic (exact) mass is 375 g/mol. The lowest BCUT2D eigenvalue weighted by molar-refractivity contribution is 0.183. The Morgan fingerprint density at radius 3 is 2.96 bits per heavy atom. The van der Waals surface area contributed by atoms with Crippen molar-refractivity contribution in [2.45, 2.75) is 13.1 Å². The van der Waals surface area contributed by atoms with E-state index < -0.39 is 0 Å². The summed E-state index contributed by atoms with van der Waals surface area (Å²) in [4.78, 5) is 8.93. The van der Waals surface area contributed by atoms with Gasteiger partial charge < -0.3 is 4.74 Å². The molecule has 0 aliphatic carbocycles. The van der Waals surface area contributed by atoms with Crippen molar-refractivity contribution in [2.24, 2.45) is 0 Å². The summed E-state index contributed by atoms with van der Waals surface area (Å²) in [5, 5.41) is 17.0. The fourth-order valence-corrected chi connectivity index (χ4v) is 3.05. The smallest absolute Gasteiger partial charge is 0.179 e. The van der Waals surface area contributed by atoms with E-state index in [-0.39, 0.29) is 0 Å². The first-order valence-corrected chi connectivity index (χ1v) is 8.80. The van der Waals surface area contributed by atoms with E-state index in [1.807, 2.05) is 41.3 Å². The van der Waals surface area contributed by atoms with Crippen LogP contribution in [0.3, 0.4) is 0 Å². The third kappa shape index (κ3) is 2.99. The van der Waals surface area contributed by atoms with Crippen molar-refractivity contribution in [3.8, 4) is 11.3 Å². The summed E-state index contributed by atoms with van der Waals surface area (Å²) >= 11 is 0. The van der Waals surface area contributed by atoms with Crippen LogP contribution in [-0.2, 0) is 17.8 Å². The van der Waals surface area contributed by atoms with E-state index in [0.717, 1.165) is 33.6 Å². The topological polar surface area (TPSA) is 101 Å². The molecule has 5 heterocycles. The van der Waals surface area contributed by atoms with Crippen molar-refractivity contribution in [1.82, 2.24) is 44.4 Å². The number of methoxy groups -OCH3 is 1. The molecule has 0 amide bonds. The van der Waals surface area contributed by atoms with Crippen LogP contribution in [0.25, 0.3) is 28.1 Å². The zero-order chi connectivity index (χ0) is 18.9. The molecule has 0 atom stereocenters. The Bertz CT molecular complexity index is 1250. The Labute approximate surface area is 159 Å². The first-order chi connectivity index (χ1) is 13.8. The molecule has 0 bridgehead atoms. The van der Waals surface area contributed by atoms with E-state index in [1.165, 1.54) is 6.33 Å². The van der Waals surface area contributed by atoms with E-state index in [0.29, 0.717) is 19.7 Å². The van der Waals surface area contributed by atoms with Crippen LogP contribution >= 0.6 is 0 Å². The molecule has 0 unspecified atom stereocenters. The lowest BCUT2D eigenvalue weighted by Gasteiger charge is -2.04. The maximum absolute atomic E-state index is 5.10. The lowest BCUT2D eigenvalue weighted by Crippen LogP contribution is -2.04. The number of ether oxygens (including phenoxy) is 1. The first kappa shape index (κ1) is 16.5. The van der Waals surface area contributed by atoms with Gasteiger partial charge in [0.15, 0.2) is 11.3 Å². The van der Waals surface area contributed by atoms with Gasteiger partial charge in [0.1, 0.15) is 11.8 Å². The minimum Gasteiger partial charge on any atom is -0.383 e. The molecule has 28 heavy (non-hydrogen) atoms. The van der Waals surface area contributed by atoms with Crippen LogP contribution in [0.15, 0.2) is 49.2 Å². The molecule has 5 aromatic rings. The Kier molecular flexibility index (Phi) is 4.02. The summed E-state index contributed by atoms with van der Waals surface area (Å²) in [6.45, 7) is 1.85. The Morgan fingerprint density at radius 2 is 2.04 bits per heavy atom. The third-order valence-corrected chi connectivity index (χ3v) is 4.48. The van der Waals surface area contributed by atoms with Gasteiger partial charge in [-0.25, -0.2) is 19.2 Å². The summed E-state index contributed by atoms with van der Waals surface area (Å²) in [6, 6.07) is 7.78. The van der Waals surface area contributed by atoms with Crippen LogP contribution in [0, 0.1) is 0 Å². The Hall–Kier alpha value is -3.66. The average Bonchev–Trinajstić information content (AvgIpc) is 3.46. The van der Waals surface area contributed by atoms with Crippen LogP contribution in [0.4, 0.5) is 0 Å². The van der Waals surface area contributed by atoms with E-state index in [1.54, 1.807) is 22.5 Å². The van der Waals surface area contributed by atoms with E-state index in [4.69, 9.17) is 9.72 Å². The fourth-order valence-electron chi connectivity index (χ4n) is 3.05. The molecular formula is C18H17N9O. The molecule has 0 spiro atoms. The molecule has 0 saturated heterocycles. The van der Waals surface area contributed by atoms with Gasteiger partial charge in [0.05, 0.1) is 31.6 Å². The summed E-state index contributed by atoms with van der Waals surface area (Å²) in [5.74, 6) is 0. The molecule has 0 aliphatic rings. The molecule has 5 rings (SSSR count).